The van der Waals surface area contributed by atoms with Crippen LogP contribution in [0.25, 0.3) is 33.4 Å². The molecule has 3 amide bonds. The van der Waals surface area contributed by atoms with E-state index in [4.69, 9.17) is 55.6 Å². The molecule has 2 aliphatic rings. The number of benzene rings is 6. The van der Waals surface area contributed by atoms with Crippen molar-refractivity contribution in [2.45, 2.75) is 18.9 Å². The predicted octanol–water partition coefficient (Wildman–Crippen LogP) is 9.46. The Kier molecular flexibility index (Phi) is 13.9. The lowest BCUT2D eigenvalue weighted by Gasteiger charge is -2.17. The van der Waals surface area contributed by atoms with Gasteiger partial charge in [0, 0.05) is 52.9 Å². The normalized spacial score (nSPS) is 11.5. The third-order valence-corrected chi connectivity index (χ3v) is 11.2. The van der Waals surface area contributed by atoms with Gasteiger partial charge in [-0.3, -0.25) is 19.2 Å². The van der Waals surface area contributed by atoms with Crippen LogP contribution in [0, 0.1) is 0 Å². The molecule has 1 heterocycles. The van der Waals surface area contributed by atoms with Crippen LogP contribution in [-0.2, 0) is 11.2 Å². The van der Waals surface area contributed by atoms with Crippen LogP contribution in [0.2, 0.25) is 20.1 Å². The number of hydrogen-bond acceptors (Lipinski definition) is 9. The maximum atomic E-state index is 13.4. The molecule has 0 unspecified atom stereocenters. The van der Waals surface area contributed by atoms with Gasteiger partial charge in [0.25, 0.3) is 17.7 Å². The van der Waals surface area contributed by atoms with Gasteiger partial charge in [0.05, 0.1) is 43.4 Å². The minimum atomic E-state index is -1.39. The molecule has 0 spiro atoms. The SMILES string of the molecule is O=C(NCCCOc1cc(Cl)c(C(=O)N[C@@H](Cc2ccc(NC(=O)c3c(Cl)cccc3Cl)cc2)C(=O)O)c(Cl)c1)c1ccc(C(=O)O)c(-c2c3ccc(=O)cc-3oc3cc(O)ccc23)c1. The first-order chi connectivity index (χ1) is 31.1. The Morgan fingerprint density at radius 3 is 2.08 bits per heavy atom. The number of phenolic OH excluding ortho intramolecular Hbond substituents is 1. The van der Waals surface area contributed by atoms with E-state index >= 15 is 0 Å². The Balaban J connectivity index is 0.956. The molecular weight excluding hydrogens is 924 g/mol. The zero-order chi connectivity index (χ0) is 46.5. The molecule has 14 nitrogen and oxygen atoms in total. The molecule has 0 aromatic heterocycles. The third kappa shape index (κ3) is 10.5. The van der Waals surface area contributed by atoms with Gasteiger partial charge in [-0.1, -0.05) is 64.6 Å². The largest absolute Gasteiger partial charge is 0.508 e. The fraction of sp³-hybridized carbons (Fsp3) is 0.106. The number of ether oxygens (including phenoxy) is 1. The van der Waals surface area contributed by atoms with E-state index in [-0.39, 0.29) is 95.8 Å². The summed E-state index contributed by atoms with van der Waals surface area (Å²) in [4.78, 5) is 76.2. The van der Waals surface area contributed by atoms with Gasteiger partial charge in [-0.15, -0.1) is 0 Å². The summed E-state index contributed by atoms with van der Waals surface area (Å²) in [6.45, 7) is 0.197. The fourth-order valence-corrected chi connectivity index (χ4v) is 8.15. The number of rotatable bonds is 15. The number of carbonyl (C=O) groups is 5. The summed E-state index contributed by atoms with van der Waals surface area (Å²) in [6, 6.07) is 24.8. The Labute approximate surface area is 388 Å². The molecule has 0 bridgehead atoms. The number of phenols is 1. The summed E-state index contributed by atoms with van der Waals surface area (Å²) in [6.07, 6.45) is 0.171. The number of anilines is 1. The molecule has 5 aromatic carbocycles. The molecule has 6 N–H and O–H groups in total. The molecule has 1 atom stereocenters. The fourth-order valence-electron chi connectivity index (χ4n) is 6.94. The van der Waals surface area contributed by atoms with Gasteiger partial charge >= 0.3 is 11.9 Å². The molecule has 0 saturated heterocycles. The number of halogens is 4. The summed E-state index contributed by atoms with van der Waals surface area (Å²) < 4.78 is 11.7. The number of aliphatic carboxylic acids is 1. The monoisotopic (exact) mass is 955 g/mol. The first-order valence-electron chi connectivity index (χ1n) is 19.4. The number of fused-ring (bicyclic) bond motifs is 2. The van der Waals surface area contributed by atoms with Crippen LogP contribution in [0.3, 0.4) is 0 Å². The molecule has 18 heteroatoms. The smallest absolute Gasteiger partial charge is 0.336 e. The molecular formula is C47H33Cl4N3O11. The number of amides is 3. The highest BCUT2D eigenvalue weighted by atomic mass is 35.5. The van der Waals surface area contributed by atoms with E-state index in [1.807, 2.05) is 0 Å². The average Bonchev–Trinajstić information content (AvgIpc) is 3.25. The lowest BCUT2D eigenvalue weighted by molar-refractivity contribution is -0.139. The molecule has 1 aliphatic carbocycles. The van der Waals surface area contributed by atoms with Crippen LogP contribution in [-0.4, -0.2) is 64.2 Å². The Morgan fingerprint density at radius 1 is 0.708 bits per heavy atom. The van der Waals surface area contributed by atoms with E-state index in [0.717, 1.165) is 0 Å². The summed E-state index contributed by atoms with van der Waals surface area (Å²) in [7, 11) is 0. The number of carbonyl (C=O) groups excluding carboxylic acids is 3. The minimum Gasteiger partial charge on any atom is -0.508 e. The van der Waals surface area contributed by atoms with E-state index in [9.17, 15) is 44.1 Å². The van der Waals surface area contributed by atoms with Crippen LogP contribution in [0.1, 0.15) is 53.4 Å². The highest BCUT2D eigenvalue weighted by Crippen LogP contribution is 2.42. The lowest BCUT2D eigenvalue weighted by atomic mass is 9.89. The van der Waals surface area contributed by atoms with E-state index in [1.165, 1.54) is 72.8 Å². The van der Waals surface area contributed by atoms with Crippen LogP contribution in [0.5, 0.6) is 11.5 Å². The zero-order valence-electron chi connectivity index (χ0n) is 33.4. The van der Waals surface area contributed by atoms with E-state index in [1.54, 1.807) is 36.4 Å². The first-order valence-corrected chi connectivity index (χ1v) is 20.9. The highest BCUT2D eigenvalue weighted by molar-refractivity contribution is 6.41. The molecule has 1 aliphatic heterocycles. The van der Waals surface area contributed by atoms with Crippen molar-refractivity contribution >= 4 is 92.7 Å². The average molecular weight is 958 g/mol. The predicted molar refractivity (Wildman–Crippen MR) is 246 cm³/mol. The Hall–Kier alpha value is -7.10. The van der Waals surface area contributed by atoms with Crippen molar-refractivity contribution in [1.29, 1.82) is 0 Å². The molecule has 65 heavy (non-hydrogen) atoms. The second kappa shape index (κ2) is 19.7. The van der Waals surface area contributed by atoms with Crippen molar-refractivity contribution in [3.8, 4) is 33.9 Å². The summed E-state index contributed by atoms with van der Waals surface area (Å²) in [5.41, 5.74) is 1.72. The second-order valence-electron chi connectivity index (χ2n) is 14.4. The van der Waals surface area contributed by atoms with Crippen LogP contribution < -0.4 is 26.1 Å². The number of carboxylic acids is 2. The van der Waals surface area contributed by atoms with E-state index in [2.05, 4.69) is 16.0 Å². The van der Waals surface area contributed by atoms with Crippen molar-refractivity contribution < 1.29 is 48.4 Å². The number of hydrogen-bond donors (Lipinski definition) is 6. The van der Waals surface area contributed by atoms with Crippen molar-refractivity contribution in [2.75, 3.05) is 18.5 Å². The first kappa shape index (κ1) is 45.9. The molecule has 330 valence electrons. The van der Waals surface area contributed by atoms with Crippen molar-refractivity contribution in [2.24, 2.45) is 0 Å². The van der Waals surface area contributed by atoms with Gasteiger partial charge in [-0.25, -0.2) is 9.59 Å². The maximum absolute atomic E-state index is 13.4. The van der Waals surface area contributed by atoms with Gasteiger partial charge in [0.2, 0.25) is 0 Å². The summed E-state index contributed by atoms with van der Waals surface area (Å²) in [5, 5.41) is 38.6. The van der Waals surface area contributed by atoms with E-state index in [0.29, 0.717) is 34.2 Å². The summed E-state index contributed by atoms with van der Waals surface area (Å²) in [5.74, 6) is -4.22. The van der Waals surface area contributed by atoms with E-state index < -0.39 is 35.7 Å². The highest BCUT2D eigenvalue weighted by Gasteiger charge is 2.26. The lowest BCUT2D eigenvalue weighted by Crippen LogP contribution is -2.42. The van der Waals surface area contributed by atoms with Gasteiger partial charge in [-0.2, -0.15) is 0 Å². The standard InChI is InChI=1S/C47H33Cl4N3O11/c48-33-3-1-4-34(49)41(33)44(58)53-25-8-5-23(6-9-25)17-37(47(62)63)54-45(59)42-35(50)21-28(22-36(42)51)64-16-2-15-52-43(57)24-7-12-29(46(60)61)32(18-24)40-30-13-10-26(55)19-38(30)65-39-20-27(56)11-14-31(39)40/h1,3-14,18-22,37,55H,2,15-17H2,(H,52,57)(H,53,58)(H,54,59)(H,60,61)(H,62,63)/t37-/m0/s1. The minimum absolute atomic E-state index is 0.0685. The van der Waals surface area contributed by atoms with Crippen LogP contribution in [0.15, 0.2) is 118 Å². The van der Waals surface area contributed by atoms with Crippen LogP contribution >= 0.6 is 46.4 Å². The quantitative estimate of drug-likeness (QED) is 0.0420. The topological polar surface area (TPSA) is 222 Å². The number of aromatic carboxylic acids is 1. The van der Waals surface area contributed by atoms with Gasteiger partial charge < -0.3 is 40.4 Å². The Bertz CT molecular complexity index is 3020. The molecule has 7 rings (SSSR count). The summed E-state index contributed by atoms with van der Waals surface area (Å²) >= 11 is 25.1. The molecule has 0 saturated carbocycles. The Morgan fingerprint density at radius 2 is 1.40 bits per heavy atom. The van der Waals surface area contributed by atoms with Crippen molar-refractivity contribution in [3.05, 3.63) is 167 Å². The molecule has 5 aromatic rings. The number of nitrogens with one attached hydrogen (secondary N) is 3. The maximum Gasteiger partial charge on any atom is 0.336 e. The third-order valence-electron chi connectivity index (χ3n) is 10.0. The second-order valence-corrected chi connectivity index (χ2v) is 16.0. The molecule has 0 radical (unpaired) electrons. The van der Waals surface area contributed by atoms with Gasteiger partial charge in [-0.05, 0) is 96.4 Å². The number of carboxylic acid groups (broad SMARTS) is 2. The molecule has 0 fully saturated rings. The number of aromatic hydroxyl groups is 1. The van der Waals surface area contributed by atoms with Gasteiger partial charge in [0.1, 0.15) is 28.9 Å². The van der Waals surface area contributed by atoms with Crippen LogP contribution in [0.4, 0.5) is 5.69 Å². The van der Waals surface area contributed by atoms with Crippen molar-refractivity contribution in [3.63, 3.8) is 0 Å². The van der Waals surface area contributed by atoms with Gasteiger partial charge in [0.15, 0.2) is 5.43 Å². The van der Waals surface area contributed by atoms with Crippen molar-refractivity contribution in [1.82, 2.24) is 10.6 Å². The zero-order valence-corrected chi connectivity index (χ0v) is 36.4.